The summed E-state index contributed by atoms with van der Waals surface area (Å²) in [5.74, 6) is 1.55. The molecule has 2 amide bonds. The first-order chi connectivity index (χ1) is 16.0. The van der Waals surface area contributed by atoms with E-state index >= 15 is 0 Å². The highest BCUT2D eigenvalue weighted by molar-refractivity contribution is 6.04. The molecule has 1 saturated heterocycles. The number of anilines is 3. The number of aromatic nitrogens is 2. The van der Waals surface area contributed by atoms with Crippen molar-refractivity contribution in [2.45, 2.75) is 6.42 Å². The molecule has 2 heterocycles. The van der Waals surface area contributed by atoms with Crippen molar-refractivity contribution in [1.29, 1.82) is 0 Å². The predicted molar refractivity (Wildman–Crippen MR) is 130 cm³/mol. The van der Waals surface area contributed by atoms with Crippen LogP contribution in [0.4, 0.5) is 17.3 Å². The van der Waals surface area contributed by atoms with Crippen molar-refractivity contribution in [2.75, 3.05) is 36.0 Å². The van der Waals surface area contributed by atoms with E-state index in [9.17, 15) is 9.59 Å². The number of nitrogens with two attached hydrogens (primary N) is 1. The Morgan fingerprint density at radius 1 is 1.12 bits per heavy atom. The summed E-state index contributed by atoms with van der Waals surface area (Å²) in [5.41, 5.74) is 8.03. The van der Waals surface area contributed by atoms with E-state index in [4.69, 9.17) is 5.73 Å². The van der Waals surface area contributed by atoms with Gasteiger partial charge in [0.2, 0.25) is 5.91 Å². The van der Waals surface area contributed by atoms with Crippen LogP contribution in [0.3, 0.4) is 0 Å². The van der Waals surface area contributed by atoms with Gasteiger partial charge in [-0.1, -0.05) is 36.9 Å². The van der Waals surface area contributed by atoms with Gasteiger partial charge in [0.05, 0.1) is 0 Å². The average Bonchev–Trinajstić information content (AvgIpc) is 3.32. The van der Waals surface area contributed by atoms with E-state index in [1.165, 1.54) is 6.08 Å². The van der Waals surface area contributed by atoms with E-state index in [-0.39, 0.29) is 11.8 Å². The van der Waals surface area contributed by atoms with Crippen LogP contribution >= 0.6 is 0 Å². The number of hydrogen-bond donors (Lipinski definition) is 3. The normalized spacial score (nSPS) is 15.2. The number of amides is 2. The van der Waals surface area contributed by atoms with Gasteiger partial charge < -0.3 is 21.3 Å². The molecule has 168 valence electrons. The van der Waals surface area contributed by atoms with Gasteiger partial charge in [0.25, 0.3) is 5.91 Å². The Labute approximate surface area is 192 Å². The zero-order valence-corrected chi connectivity index (χ0v) is 18.2. The predicted octanol–water partition coefficient (Wildman–Crippen LogP) is 3.42. The monoisotopic (exact) mass is 442 g/mol. The third-order valence-corrected chi connectivity index (χ3v) is 5.53. The van der Waals surface area contributed by atoms with Gasteiger partial charge >= 0.3 is 0 Å². The Morgan fingerprint density at radius 3 is 2.61 bits per heavy atom. The van der Waals surface area contributed by atoms with Crippen LogP contribution in [-0.4, -0.2) is 46.3 Å². The van der Waals surface area contributed by atoms with Gasteiger partial charge in [-0.3, -0.25) is 9.59 Å². The van der Waals surface area contributed by atoms with Crippen molar-refractivity contribution < 1.29 is 9.59 Å². The van der Waals surface area contributed by atoms with Gasteiger partial charge in [-0.15, -0.1) is 0 Å². The fourth-order valence-corrected chi connectivity index (χ4v) is 3.76. The highest BCUT2D eigenvalue weighted by atomic mass is 16.2. The molecule has 0 radical (unpaired) electrons. The molecule has 1 aliphatic heterocycles. The number of likely N-dealkylation sites (tertiary alicyclic amines) is 1. The minimum Gasteiger partial charge on any atom is -0.384 e. The summed E-state index contributed by atoms with van der Waals surface area (Å²) in [5, 5.41) is 6.18. The number of carbonyl (C=O) groups is 2. The second-order valence-corrected chi connectivity index (χ2v) is 7.92. The first-order valence-corrected chi connectivity index (χ1v) is 10.8. The minimum atomic E-state index is -0.191. The van der Waals surface area contributed by atoms with Crippen LogP contribution < -0.4 is 16.4 Å². The van der Waals surface area contributed by atoms with Crippen molar-refractivity contribution in [3.63, 3.8) is 0 Å². The van der Waals surface area contributed by atoms with Crippen molar-refractivity contribution in [1.82, 2.24) is 14.9 Å². The summed E-state index contributed by atoms with van der Waals surface area (Å²) in [6.07, 6.45) is 2.27. The summed E-state index contributed by atoms with van der Waals surface area (Å²) in [4.78, 5) is 34.9. The van der Waals surface area contributed by atoms with Crippen LogP contribution in [0.2, 0.25) is 0 Å². The van der Waals surface area contributed by atoms with Gasteiger partial charge in [0.15, 0.2) is 5.82 Å². The fraction of sp³-hybridized carbons (Fsp3) is 0.200. The Balaban J connectivity index is 1.40. The fourth-order valence-electron chi connectivity index (χ4n) is 3.76. The Hall–Kier alpha value is -4.20. The van der Waals surface area contributed by atoms with E-state index in [0.29, 0.717) is 42.0 Å². The number of benzene rings is 2. The molecule has 8 heteroatoms. The lowest BCUT2D eigenvalue weighted by Gasteiger charge is -2.15. The molecule has 1 aliphatic rings. The van der Waals surface area contributed by atoms with Gasteiger partial charge in [-0.2, -0.15) is 0 Å². The Kier molecular flexibility index (Phi) is 6.64. The lowest BCUT2D eigenvalue weighted by Crippen LogP contribution is -2.28. The molecule has 1 aromatic heterocycles. The molecule has 3 aromatic rings. The third-order valence-electron chi connectivity index (χ3n) is 5.53. The molecule has 0 bridgehead atoms. The van der Waals surface area contributed by atoms with E-state index in [0.717, 1.165) is 24.2 Å². The first kappa shape index (κ1) is 22.0. The SMILES string of the molecule is C=CC(=O)N1CCC(CNc2cc(N)nc(-c3ccc(C(=O)Nc4ccccc4)cc3)n2)C1. The molecule has 33 heavy (non-hydrogen) atoms. The minimum absolute atomic E-state index is 0.0352. The number of nitrogen functional groups attached to an aromatic ring is 1. The quantitative estimate of drug-likeness (QED) is 0.483. The van der Waals surface area contributed by atoms with Gasteiger partial charge in [0, 0.05) is 42.5 Å². The van der Waals surface area contributed by atoms with E-state index in [1.807, 2.05) is 30.3 Å². The standard InChI is InChI=1S/C25H26N6O2/c1-2-23(32)31-13-12-17(16-31)15-27-22-14-21(26)29-24(30-22)18-8-10-19(11-9-18)25(33)28-20-6-4-3-5-7-20/h2-11,14,17H,1,12-13,15-16H2,(H,28,33)(H3,26,27,29,30). The maximum Gasteiger partial charge on any atom is 0.255 e. The number of rotatable bonds is 7. The van der Waals surface area contributed by atoms with E-state index in [2.05, 4.69) is 27.2 Å². The molecule has 1 atom stereocenters. The molecule has 2 aromatic carbocycles. The second-order valence-electron chi connectivity index (χ2n) is 7.92. The largest absolute Gasteiger partial charge is 0.384 e. The average molecular weight is 443 g/mol. The number of nitrogens with zero attached hydrogens (tertiary/aromatic N) is 3. The zero-order valence-electron chi connectivity index (χ0n) is 18.2. The van der Waals surface area contributed by atoms with E-state index in [1.54, 1.807) is 35.2 Å². The van der Waals surface area contributed by atoms with Crippen molar-refractivity contribution in [3.8, 4) is 11.4 Å². The smallest absolute Gasteiger partial charge is 0.255 e. The molecular weight excluding hydrogens is 416 g/mol. The Bertz CT molecular complexity index is 1150. The molecule has 0 spiro atoms. The number of hydrogen-bond acceptors (Lipinski definition) is 6. The van der Waals surface area contributed by atoms with Crippen LogP contribution in [0.15, 0.2) is 73.3 Å². The van der Waals surface area contributed by atoms with Crippen LogP contribution in [-0.2, 0) is 4.79 Å². The van der Waals surface area contributed by atoms with Crippen LogP contribution in [0.5, 0.6) is 0 Å². The van der Waals surface area contributed by atoms with Crippen LogP contribution in [0.25, 0.3) is 11.4 Å². The lowest BCUT2D eigenvalue weighted by molar-refractivity contribution is -0.125. The van der Waals surface area contributed by atoms with E-state index < -0.39 is 0 Å². The Morgan fingerprint density at radius 2 is 1.88 bits per heavy atom. The summed E-state index contributed by atoms with van der Waals surface area (Å²) in [7, 11) is 0. The molecule has 8 nitrogen and oxygen atoms in total. The third kappa shape index (κ3) is 5.54. The van der Waals surface area contributed by atoms with Crippen molar-refractivity contribution >= 4 is 29.1 Å². The molecular formula is C25H26N6O2. The van der Waals surface area contributed by atoms with Gasteiger partial charge in [-0.05, 0) is 42.7 Å². The molecule has 1 fully saturated rings. The molecule has 0 saturated carbocycles. The van der Waals surface area contributed by atoms with Gasteiger partial charge in [0.1, 0.15) is 11.6 Å². The molecule has 4 rings (SSSR count). The maximum atomic E-state index is 12.5. The van der Waals surface area contributed by atoms with Crippen molar-refractivity contribution in [2.24, 2.45) is 5.92 Å². The zero-order chi connectivity index (χ0) is 23.2. The summed E-state index contributed by atoms with van der Waals surface area (Å²) < 4.78 is 0. The first-order valence-electron chi connectivity index (χ1n) is 10.8. The maximum absolute atomic E-state index is 12.5. The van der Waals surface area contributed by atoms with Gasteiger partial charge in [-0.25, -0.2) is 9.97 Å². The highest BCUT2D eigenvalue weighted by Crippen LogP contribution is 2.22. The van der Waals surface area contributed by atoms with Crippen LogP contribution in [0.1, 0.15) is 16.8 Å². The lowest BCUT2D eigenvalue weighted by atomic mass is 10.1. The number of nitrogens with one attached hydrogen (secondary N) is 2. The summed E-state index contributed by atoms with van der Waals surface area (Å²) in [6, 6.07) is 18.0. The van der Waals surface area contributed by atoms with Crippen molar-refractivity contribution in [3.05, 3.63) is 78.9 Å². The molecule has 4 N–H and O–H groups in total. The number of para-hydroxylation sites is 1. The molecule has 1 unspecified atom stereocenters. The number of carbonyl (C=O) groups excluding carboxylic acids is 2. The topological polar surface area (TPSA) is 113 Å². The molecule has 0 aliphatic carbocycles. The second kappa shape index (κ2) is 9.95. The summed E-state index contributed by atoms with van der Waals surface area (Å²) >= 11 is 0. The van der Waals surface area contributed by atoms with Crippen LogP contribution in [0, 0.1) is 5.92 Å². The summed E-state index contributed by atoms with van der Waals surface area (Å²) in [6.45, 7) is 5.65. The highest BCUT2D eigenvalue weighted by Gasteiger charge is 2.24.